The third-order valence-electron chi connectivity index (χ3n) is 4.62. The van der Waals surface area contributed by atoms with Gasteiger partial charge < -0.3 is 4.74 Å². The molecule has 0 spiro atoms. The first kappa shape index (κ1) is 25.7. The lowest BCUT2D eigenvalue weighted by molar-refractivity contribution is -0.384. The number of hydrogen-bond acceptors (Lipinski definition) is 7. The summed E-state index contributed by atoms with van der Waals surface area (Å²) in [7, 11) is -3.73. The summed E-state index contributed by atoms with van der Waals surface area (Å²) in [6.07, 6.45) is 2.40. The molecule has 182 valence electrons. The summed E-state index contributed by atoms with van der Waals surface area (Å²) >= 11 is 5.93. The normalized spacial score (nSPS) is 11.3. The highest BCUT2D eigenvalue weighted by Gasteiger charge is 2.20. The number of benzene rings is 3. The van der Waals surface area contributed by atoms with Gasteiger partial charge in [0.15, 0.2) is 0 Å². The predicted octanol–water partition coefficient (Wildman–Crippen LogP) is 3.74. The van der Waals surface area contributed by atoms with Gasteiger partial charge in [-0.1, -0.05) is 17.7 Å². The predicted molar refractivity (Wildman–Crippen MR) is 133 cm³/mol. The molecule has 35 heavy (non-hydrogen) atoms. The Morgan fingerprint density at radius 2 is 1.83 bits per heavy atom. The first-order valence-corrected chi connectivity index (χ1v) is 12.4. The molecule has 1 amide bonds. The zero-order valence-electron chi connectivity index (χ0n) is 18.5. The number of hydrazone groups is 1. The standard InChI is InChI=1S/C23H21ClN4O6S/c1-35(32,33)27(21-4-2-3-19(24)13-21)15-23(29)26-25-14-17-7-11-22(12-8-17)34-16-18-5-9-20(10-6-18)28(30)31/h2-14H,15-16H2,1H3,(H,26,29)/b25-14-. The Morgan fingerprint density at radius 3 is 2.43 bits per heavy atom. The van der Waals surface area contributed by atoms with Crippen LogP contribution in [0.5, 0.6) is 5.75 Å². The van der Waals surface area contributed by atoms with Gasteiger partial charge >= 0.3 is 0 Å². The highest BCUT2D eigenvalue weighted by atomic mass is 35.5. The van der Waals surface area contributed by atoms with E-state index in [1.54, 1.807) is 48.5 Å². The monoisotopic (exact) mass is 516 g/mol. The largest absolute Gasteiger partial charge is 0.489 e. The molecule has 3 rings (SSSR count). The summed E-state index contributed by atoms with van der Waals surface area (Å²) in [6, 6.07) is 19.1. The van der Waals surface area contributed by atoms with Gasteiger partial charge in [0.1, 0.15) is 18.9 Å². The molecule has 3 aromatic carbocycles. The molecule has 1 N–H and O–H groups in total. The third kappa shape index (κ3) is 7.80. The number of nitro benzene ring substituents is 1. The van der Waals surface area contributed by atoms with Crippen LogP contribution in [0.3, 0.4) is 0 Å². The van der Waals surface area contributed by atoms with E-state index >= 15 is 0 Å². The van der Waals surface area contributed by atoms with E-state index in [2.05, 4.69) is 10.5 Å². The fourth-order valence-electron chi connectivity index (χ4n) is 2.91. The van der Waals surface area contributed by atoms with Crippen LogP contribution in [0.4, 0.5) is 11.4 Å². The molecule has 0 aliphatic heterocycles. The first-order valence-electron chi connectivity index (χ1n) is 10.1. The lowest BCUT2D eigenvalue weighted by Crippen LogP contribution is -2.39. The Morgan fingerprint density at radius 1 is 1.14 bits per heavy atom. The van der Waals surface area contributed by atoms with Gasteiger partial charge in [0, 0.05) is 17.2 Å². The van der Waals surface area contributed by atoms with Crippen LogP contribution in [0, 0.1) is 10.1 Å². The summed E-state index contributed by atoms with van der Waals surface area (Å²) in [5.41, 5.74) is 4.03. The number of amides is 1. The number of carbonyl (C=O) groups excluding carboxylic acids is 1. The van der Waals surface area contributed by atoms with Crippen molar-refractivity contribution in [2.24, 2.45) is 5.10 Å². The van der Waals surface area contributed by atoms with Crippen LogP contribution in [0.1, 0.15) is 11.1 Å². The second-order valence-electron chi connectivity index (χ2n) is 7.32. The van der Waals surface area contributed by atoms with Crippen molar-refractivity contribution in [2.75, 3.05) is 17.1 Å². The molecule has 0 aliphatic carbocycles. The van der Waals surface area contributed by atoms with Crippen molar-refractivity contribution in [3.8, 4) is 5.75 Å². The van der Waals surface area contributed by atoms with E-state index < -0.39 is 27.4 Å². The third-order valence-corrected chi connectivity index (χ3v) is 6.00. The Balaban J connectivity index is 1.53. The molecule has 0 fully saturated rings. The highest BCUT2D eigenvalue weighted by Crippen LogP contribution is 2.21. The average Bonchev–Trinajstić information content (AvgIpc) is 2.81. The van der Waals surface area contributed by atoms with Crippen molar-refractivity contribution in [1.82, 2.24) is 5.43 Å². The van der Waals surface area contributed by atoms with Crippen LogP contribution in [0.2, 0.25) is 5.02 Å². The molecular weight excluding hydrogens is 496 g/mol. The van der Waals surface area contributed by atoms with Gasteiger partial charge in [-0.2, -0.15) is 5.10 Å². The quantitative estimate of drug-likeness (QED) is 0.248. The van der Waals surface area contributed by atoms with E-state index in [1.807, 2.05) is 0 Å². The van der Waals surface area contributed by atoms with Crippen molar-refractivity contribution < 1.29 is 22.9 Å². The zero-order chi connectivity index (χ0) is 25.4. The van der Waals surface area contributed by atoms with Gasteiger partial charge in [-0.3, -0.25) is 19.2 Å². The summed E-state index contributed by atoms with van der Waals surface area (Å²) in [5, 5.41) is 14.9. The first-order chi connectivity index (χ1) is 16.6. The number of halogens is 1. The number of nitro groups is 1. The Hall–Kier alpha value is -3.96. The Bertz CT molecular complexity index is 1330. The number of nitrogens with one attached hydrogen (secondary N) is 1. The lowest BCUT2D eigenvalue weighted by atomic mass is 10.2. The summed E-state index contributed by atoms with van der Waals surface area (Å²) in [5.74, 6) is -0.0513. The lowest BCUT2D eigenvalue weighted by Gasteiger charge is -2.21. The number of hydrogen-bond donors (Lipinski definition) is 1. The number of ether oxygens (including phenoxy) is 1. The minimum atomic E-state index is -3.73. The zero-order valence-corrected chi connectivity index (χ0v) is 20.1. The van der Waals surface area contributed by atoms with Crippen LogP contribution in [0.15, 0.2) is 77.9 Å². The number of non-ortho nitro benzene ring substituents is 1. The van der Waals surface area contributed by atoms with Gasteiger partial charge in [-0.05, 0) is 65.7 Å². The van der Waals surface area contributed by atoms with E-state index in [0.29, 0.717) is 16.3 Å². The van der Waals surface area contributed by atoms with Crippen molar-refractivity contribution >= 4 is 45.1 Å². The molecule has 10 nitrogen and oxygen atoms in total. The van der Waals surface area contributed by atoms with Gasteiger partial charge in [-0.25, -0.2) is 13.8 Å². The van der Waals surface area contributed by atoms with Crippen molar-refractivity contribution in [1.29, 1.82) is 0 Å². The molecule has 0 bridgehead atoms. The maximum Gasteiger partial charge on any atom is 0.269 e. The second kappa shape index (κ2) is 11.4. The molecule has 0 atom stereocenters. The van der Waals surface area contributed by atoms with Crippen molar-refractivity contribution in [3.63, 3.8) is 0 Å². The summed E-state index contributed by atoms with van der Waals surface area (Å²) in [6.45, 7) is -0.225. The molecule has 0 radical (unpaired) electrons. The number of nitrogens with zero attached hydrogens (tertiary/aromatic N) is 3. The van der Waals surface area contributed by atoms with Crippen molar-refractivity contribution in [2.45, 2.75) is 6.61 Å². The van der Waals surface area contributed by atoms with Crippen LogP contribution < -0.4 is 14.5 Å². The van der Waals surface area contributed by atoms with E-state index in [4.69, 9.17) is 16.3 Å². The Kier molecular flexibility index (Phi) is 8.39. The van der Waals surface area contributed by atoms with Gasteiger partial charge in [0.2, 0.25) is 10.0 Å². The summed E-state index contributed by atoms with van der Waals surface area (Å²) in [4.78, 5) is 22.5. The summed E-state index contributed by atoms with van der Waals surface area (Å²) < 4.78 is 30.8. The van der Waals surface area contributed by atoms with Crippen LogP contribution in [-0.4, -0.2) is 38.3 Å². The maximum atomic E-state index is 12.3. The maximum absolute atomic E-state index is 12.3. The van der Waals surface area contributed by atoms with Gasteiger partial charge in [0.25, 0.3) is 11.6 Å². The number of sulfonamides is 1. The highest BCUT2D eigenvalue weighted by molar-refractivity contribution is 7.92. The van der Waals surface area contributed by atoms with E-state index in [9.17, 15) is 23.3 Å². The minimum absolute atomic E-state index is 0.0120. The minimum Gasteiger partial charge on any atom is -0.489 e. The molecule has 12 heteroatoms. The molecule has 0 aromatic heterocycles. The molecule has 0 heterocycles. The van der Waals surface area contributed by atoms with Crippen molar-refractivity contribution in [3.05, 3.63) is 99.1 Å². The smallest absolute Gasteiger partial charge is 0.269 e. The van der Waals surface area contributed by atoms with E-state index in [0.717, 1.165) is 16.1 Å². The van der Waals surface area contributed by atoms with Gasteiger partial charge in [0.05, 0.1) is 23.1 Å². The molecule has 0 aliphatic rings. The molecule has 0 unspecified atom stereocenters. The van der Waals surface area contributed by atoms with Crippen LogP contribution in [-0.2, 0) is 21.4 Å². The van der Waals surface area contributed by atoms with E-state index in [1.165, 1.54) is 30.5 Å². The Labute approximate surface area is 207 Å². The van der Waals surface area contributed by atoms with Crippen LogP contribution in [0.25, 0.3) is 0 Å². The molecule has 0 saturated heterocycles. The number of anilines is 1. The topological polar surface area (TPSA) is 131 Å². The molecule has 0 saturated carbocycles. The fourth-order valence-corrected chi connectivity index (χ4v) is 3.94. The SMILES string of the molecule is CS(=O)(=O)N(CC(=O)N/N=C\c1ccc(OCc2ccc([N+](=O)[O-])cc2)cc1)c1cccc(Cl)c1. The van der Waals surface area contributed by atoms with E-state index in [-0.39, 0.29) is 18.0 Å². The van der Waals surface area contributed by atoms with Crippen LogP contribution >= 0.6 is 11.6 Å². The average molecular weight is 517 g/mol. The van der Waals surface area contributed by atoms with Gasteiger partial charge in [-0.15, -0.1) is 0 Å². The number of carbonyl (C=O) groups is 1. The second-order valence-corrected chi connectivity index (χ2v) is 9.67. The molecular formula is C23H21ClN4O6S. The fraction of sp³-hybridized carbons (Fsp3) is 0.130. The molecule has 3 aromatic rings. The number of rotatable bonds is 10.